The molecule has 0 aliphatic rings. The third kappa shape index (κ3) is 3.40. The molecule has 0 radical (unpaired) electrons. The van der Waals surface area contributed by atoms with Crippen molar-refractivity contribution in [1.82, 2.24) is 4.98 Å². The molecule has 110 valence electrons. The molecule has 22 heavy (non-hydrogen) atoms. The molecule has 0 atom stereocenters. The highest BCUT2D eigenvalue weighted by Gasteiger charge is 2.10. The van der Waals surface area contributed by atoms with Gasteiger partial charge in [-0.2, -0.15) is 0 Å². The maximum atomic E-state index is 11.3. The van der Waals surface area contributed by atoms with Gasteiger partial charge in [-0.3, -0.25) is 0 Å². The molecule has 0 aliphatic heterocycles. The van der Waals surface area contributed by atoms with E-state index in [0.29, 0.717) is 11.1 Å². The number of thioether (sulfide) groups is 1. The summed E-state index contributed by atoms with van der Waals surface area (Å²) in [6.07, 6.45) is 1.53. The van der Waals surface area contributed by atoms with Crippen molar-refractivity contribution >= 4 is 50.8 Å². The van der Waals surface area contributed by atoms with E-state index in [1.54, 1.807) is 24.3 Å². The van der Waals surface area contributed by atoms with E-state index >= 15 is 0 Å². The van der Waals surface area contributed by atoms with Gasteiger partial charge in [-0.1, -0.05) is 40.2 Å². The lowest BCUT2D eigenvalue weighted by Crippen LogP contribution is -2.22. The summed E-state index contributed by atoms with van der Waals surface area (Å²) in [5, 5.41) is 11.6. The van der Waals surface area contributed by atoms with Crippen LogP contribution in [0, 0.1) is 0 Å². The molecule has 1 aromatic heterocycles. The predicted molar refractivity (Wildman–Crippen MR) is 87.0 cm³/mol. The van der Waals surface area contributed by atoms with E-state index in [4.69, 9.17) is 4.42 Å². The first-order valence-electron chi connectivity index (χ1n) is 6.34. The van der Waals surface area contributed by atoms with Crippen LogP contribution in [0.1, 0.15) is 5.56 Å². The first-order chi connectivity index (χ1) is 10.6. The summed E-state index contributed by atoms with van der Waals surface area (Å²) >= 11 is 4.27. The number of carboxylic acid groups (broad SMARTS) is 1. The minimum atomic E-state index is -1.27. The van der Waals surface area contributed by atoms with Gasteiger partial charge in [-0.05, 0) is 47.7 Å². The molecule has 4 nitrogen and oxygen atoms in total. The number of halogens is 1. The zero-order valence-corrected chi connectivity index (χ0v) is 13.6. The molecular formula is C16H9BrNO3S-. The van der Waals surface area contributed by atoms with Crippen molar-refractivity contribution < 1.29 is 14.3 Å². The maximum absolute atomic E-state index is 11.3. The minimum absolute atomic E-state index is 0.0360. The van der Waals surface area contributed by atoms with Crippen LogP contribution in [0.3, 0.4) is 0 Å². The van der Waals surface area contributed by atoms with E-state index in [9.17, 15) is 9.90 Å². The molecule has 0 saturated carbocycles. The van der Waals surface area contributed by atoms with E-state index in [1.807, 2.05) is 24.3 Å². The van der Waals surface area contributed by atoms with Crippen LogP contribution in [0.4, 0.5) is 0 Å². The Morgan fingerprint density at radius 1 is 1.18 bits per heavy atom. The molecule has 0 amide bonds. The molecule has 0 fully saturated rings. The van der Waals surface area contributed by atoms with E-state index in [0.717, 1.165) is 21.8 Å². The Balaban J connectivity index is 1.91. The summed E-state index contributed by atoms with van der Waals surface area (Å²) in [4.78, 5) is 15.6. The van der Waals surface area contributed by atoms with Crippen LogP contribution in [0.5, 0.6) is 0 Å². The maximum Gasteiger partial charge on any atom is 0.261 e. The zero-order valence-electron chi connectivity index (χ0n) is 11.2. The van der Waals surface area contributed by atoms with Crippen molar-refractivity contribution in [2.75, 3.05) is 0 Å². The predicted octanol–water partition coefficient (Wildman–Crippen LogP) is 3.47. The van der Waals surface area contributed by atoms with Gasteiger partial charge in [0.25, 0.3) is 5.22 Å². The van der Waals surface area contributed by atoms with Crippen molar-refractivity contribution in [3.8, 4) is 0 Å². The summed E-state index contributed by atoms with van der Waals surface area (Å²) in [7, 11) is 0. The Morgan fingerprint density at radius 2 is 1.91 bits per heavy atom. The standard InChI is InChI=1S/C16H10BrNO3S/c17-11-7-5-10(6-8-11)9-14(15(19)20)22-16-18-12-3-1-2-4-13(12)21-16/h1-9H,(H,19,20)/p-1/b14-9+. The highest BCUT2D eigenvalue weighted by atomic mass is 79.9. The topological polar surface area (TPSA) is 66.2 Å². The number of oxazole rings is 1. The van der Waals surface area contributed by atoms with Crippen LogP contribution in [0.15, 0.2) is 67.5 Å². The van der Waals surface area contributed by atoms with Crippen LogP contribution in [0.25, 0.3) is 17.2 Å². The summed E-state index contributed by atoms with van der Waals surface area (Å²) in [6.45, 7) is 0. The number of carbonyl (C=O) groups excluding carboxylic acids is 1. The molecule has 0 bridgehead atoms. The zero-order chi connectivity index (χ0) is 15.5. The van der Waals surface area contributed by atoms with Gasteiger partial charge in [-0.25, -0.2) is 4.98 Å². The molecule has 0 saturated heterocycles. The second kappa shape index (κ2) is 6.37. The smallest absolute Gasteiger partial charge is 0.261 e. The van der Waals surface area contributed by atoms with Crippen LogP contribution in [-0.2, 0) is 4.79 Å². The van der Waals surface area contributed by atoms with Gasteiger partial charge >= 0.3 is 0 Å². The van der Waals surface area contributed by atoms with Gasteiger partial charge < -0.3 is 14.3 Å². The lowest BCUT2D eigenvalue weighted by molar-refractivity contribution is -0.298. The summed E-state index contributed by atoms with van der Waals surface area (Å²) in [5.41, 5.74) is 2.06. The monoisotopic (exact) mass is 374 g/mol. The number of carbonyl (C=O) groups is 1. The molecular weight excluding hydrogens is 366 g/mol. The van der Waals surface area contributed by atoms with Crippen molar-refractivity contribution in [3.63, 3.8) is 0 Å². The Labute approximate surface area is 139 Å². The Morgan fingerprint density at radius 3 is 2.59 bits per heavy atom. The number of benzene rings is 2. The fourth-order valence-corrected chi connectivity index (χ4v) is 2.84. The third-order valence-electron chi connectivity index (χ3n) is 2.84. The average Bonchev–Trinajstić information content (AvgIpc) is 2.91. The highest BCUT2D eigenvalue weighted by molar-refractivity contribution is 9.10. The first kappa shape index (κ1) is 14.9. The van der Waals surface area contributed by atoms with Gasteiger partial charge in [0.15, 0.2) is 5.58 Å². The normalized spacial score (nSPS) is 11.8. The molecule has 0 spiro atoms. The first-order valence-corrected chi connectivity index (χ1v) is 7.95. The third-order valence-corrected chi connectivity index (χ3v) is 4.22. The quantitative estimate of drug-likeness (QED) is 0.516. The van der Waals surface area contributed by atoms with E-state index in [-0.39, 0.29) is 10.1 Å². The molecule has 3 rings (SSSR count). The van der Waals surface area contributed by atoms with Gasteiger partial charge in [0, 0.05) is 9.38 Å². The summed E-state index contributed by atoms with van der Waals surface area (Å²) in [6, 6.07) is 14.5. The number of fused-ring (bicyclic) bond motifs is 1. The van der Waals surface area contributed by atoms with Crippen molar-refractivity contribution in [1.29, 1.82) is 0 Å². The summed E-state index contributed by atoms with van der Waals surface area (Å²) < 4.78 is 6.44. The number of aliphatic carboxylic acids is 1. The highest BCUT2D eigenvalue weighted by Crippen LogP contribution is 2.30. The number of aromatic nitrogens is 1. The largest absolute Gasteiger partial charge is 0.544 e. The lowest BCUT2D eigenvalue weighted by atomic mass is 10.2. The molecule has 0 unspecified atom stereocenters. The number of hydrogen-bond acceptors (Lipinski definition) is 5. The molecule has 1 heterocycles. The molecule has 0 N–H and O–H groups in total. The second-order valence-corrected chi connectivity index (χ2v) is 6.31. The lowest BCUT2D eigenvalue weighted by Gasteiger charge is -2.05. The number of hydrogen-bond donors (Lipinski definition) is 0. The number of carboxylic acids is 1. The van der Waals surface area contributed by atoms with Crippen molar-refractivity contribution in [2.45, 2.75) is 5.22 Å². The number of para-hydroxylation sites is 2. The summed E-state index contributed by atoms with van der Waals surface area (Å²) in [5.74, 6) is -1.27. The number of nitrogens with zero attached hydrogens (tertiary/aromatic N) is 1. The fraction of sp³-hybridized carbons (Fsp3) is 0. The number of rotatable bonds is 4. The van der Waals surface area contributed by atoms with Crippen LogP contribution >= 0.6 is 27.7 Å². The SMILES string of the molecule is O=C([O-])/C(=C\c1ccc(Br)cc1)Sc1nc2ccccc2o1. The average molecular weight is 375 g/mol. The van der Waals surface area contributed by atoms with Gasteiger partial charge in [-0.15, -0.1) is 0 Å². The van der Waals surface area contributed by atoms with Gasteiger partial charge in [0.2, 0.25) is 0 Å². The van der Waals surface area contributed by atoms with E-state index < -0.39 is 5.97 Å². The fourth-order valence-electron chi connectivity index (χ4n) is 1.83. The van der Waals surface area contributed by atoms with Gasteiger partial charge in [0.05, 0.1) is 5.97 Å². The molecule has 6 heteroatoms. The molecule has 3 aromatic rings. The second-order valence-electron chi connectivity index (χ2n) is 4.40. The molecule has 2 aromatic carbocycles. The van der Waals surface area contributed by atoms with E-state index in [1.165, 1.54) is 6.08 Å². The molecule has 0 aliphatic carbocycles. The van der Waals surface area contributed by atoms with Crippen LogP contribution < -0.4 is 5.11 Å². The van der Waals surface area contributed by atoms with Crippen LogP contribution in [-0.4, -0.2) is 11.0 Å². The van der Waals surface area contributed by atoms with E-state index in [2.05, 4.69) is 20.9 Å². The van der Waals surface area contributed by atoms with Crippen molar-refractivity contribution in [2.24, 2.45) is 0 Å². The Kier molecular flexibility index (Phi) is 4.31. The minimum Gasteiger partial charge on any atom is -0.544 e. The van der Waals surface area contributed by atoms with Gasteiger partial charge in [0.1, 0.15) is 5.52 Å². The Hall–Kier alpha value is -2.05. The van der Waals surface area contributed by atoms with Crippen LogP contribution in [0.2, 0.25) is 0 Å². The Bertz CT molecular complexity index is 822. The van der Waals surface area contributed by atoms with Crippen molar-refractivity contribution in [3.05, 3.63) is 63.5 Å².